The van der Waals surface area contributed by atoms with Gasteiger partial charge in [-0.1, -0.05) is 12.8 Å². The zero-order valence-electron chi connectivity index (χ0n) is 11.6. The van der Waals surface area contributed by atoms with Crippen molar-refractivity contribution in [3.8, 4) is 0 Å². The molecular formula is C17H20FNO. The molecule has 2 aliphatic rings. The highest BCUT2D eigenvalue weighted by molar-refractivity contribution is 5.80. The van der Waals surface area contributed by atoms with Gasteiger partial charge in [-0.25, -0.2) is 4.39 Å². The van der Waals surface area contributed by atoms with E-state index in [1.165, 1.54) is 38.2 Å². The van der Waals surface area contributed by atoms with Gasteiger partial charge in [-0.2, -0.15) is 0 Å². The summed E-state index contributed by atoms with van der Waals surface area (Å²) in [5, 5.41) is 1.10. The third-order valence-corrected chi connectivity index (χ3v) is 4.99. The molecule has 0 bridgehead atoms. The van der Waals surface area contributed by atoms with Gasteiger partial charge in [-0.15, -0.1) is 0 Å². The molecule has 2 nitrogen and oxygen atoms in total. The minimum Gasteiger partial charge on any atom is -0.370 e. The van der Waals surface area contributed by atoms with Gasteiger partial charge < -0.3 is 9.30 Å². The van der Waals surface area contributed by atoms with Crippen LogP contribution in [-0.2, 0) is 11.3 Å². The van der Waals surface area contributed by atoms with Gasteiger partial charge in [0.05, 0.1) is 17.2 Å². The van der Waals surface area contributed by atoms with Crippen molar-refractivity contribution in [3.05, 3.63) is 36.3 Å². The molecule has 2 fully saturated rings. The van der Waals surface area contributed by atoms with Crippen molar-refractivity contribution in [1.82, 2.24) is 4.57 Å². The van der Waals surface area contributed by atoms with E-state index in [0.717, 1.165) is 23.9 Å². The Morgan fingerprint density at radius 3 is 2.90 bits per heavy atom. The molecule has 106 valence electrons. The first-order valence-electron chi connectivity index (χ1n) is 7.66. The molecule has 1 unspecified atom stereocenters. The molecule has 0 N–H and O–H groups in total. The van der Waals surface area contributed by atoms with Gasteiger partial charge in [-0.05, 0) is 55.3 Å². The molecule has 0 amide bonds. The van der Waals surface area contributed by atoms with Gasteiger partial charge in [0.15, 0.2) is 0 Å². The number of rotatable bonds is 2. The minimum atomic E-state index is -0.169. The van der Waals surface area contributed by atoms with Crippen LogP contribution in [0, 0.1) is 5.82 Å². The largest absolute Gasteiger partial charge is 0.370 e. The summed E-state index contributed by atoms with van der Waals surface area (Å²) in [5.74, 6) is -0.169. The van der Waals surface area contributed by atoms with E-state index in [0.29, 0.717) is 0 Å². The first-order valence-corrected chi connectivity index (χ1v) is 7.66. The van der Waals surface area contributed by atoms with Crippen LogP contribution in [-0.4, -0.2) is 16.3 Å². The molecule has 1 saturated heterocycles. The SMILES string of the molecule is Fc1ccc2ccn(CC3CCC4(CCCC4)O3)c2c1. The molecule has 3 heteroatoms. The molecule has 4 rings (SSSR count). The van der Waals surface area contributed by atoms with Crippen molar-refractivity contribution in [1.29, 1.82) is 0 Å². The maximum atomic E-state index is 13.4. The van der Waals surface area contributed by atoms with Crippen LogP contribution >= 0.6 is 0 Å². The molecule has 2 aromatic rings. The summed E-state index contributed by atoms with van der Waals surface area (Å²) in [6, 6.07) is 7.03. The number of hydrogen-bond acceptors (Lipinski definition) is 1. The summed E-state index contributed by atoms with van der Waals surface area (Å²) in [7, 11) is 0. The molecule has 1 aromatic carbocycles. The molecular weight excluding hydrogens is 253 g/mol. The Morgan fingerprint density at radius 2 is 2.05 bits per heavy atom. The Morgan fingerprint density at radius 1 is 1.20 bits per heavy atom. The zero-order valence-corrected chi connectivity index (χ0v) is 11.6. The van der Waals surface area contributed by atoms with E-state index in [1.54, 1.807) is 6.07 Å². The van der Waals surface area contributed by atoms with E-state index in [4.69, 9.17) is 4.74 Å². The second-order valence-corrected chi connectivity index (χ2v) is 6.34. The standard InChI is InChI=1S/C17H20FNO/c18-14-4-3-13-6-10-19(16(13)11-14)12-15-5-9-17(20-15)7-1-2-8-17/h3-4,6,10-11,15H,1-2,5,7-9,12H2. The van der Waals surface area contributed by atoms with Crippen molar-refractivity contribution < 1.29 is 9.13 Å². The Kier molecular flexibility index (Phi) is 2.84. The summed E-state index contributed by atoms with van der Waals surface area (Å²) >= 11 is 0. The van der Waals surface area contributed by atoms with E-state index < -0.39 is 0 Å². The Hall–Kier alpha value is -1.35. The van der Waals surface area contributed by atoms with E-state index >= 15 is 0 Å². The molecule has 1 aliphatic carbocycles. The van der Waals surface area contributed by atoms with Crippen LogP contribution in [0.1, 0.15) is 38.5 Å². The van der Waals surface area contributed by atoms with Crippen LogP contribution in [0.2, 0.25) is 0 Å². The highest BCUT2D eigenvalue weighted by atomic mass is 19.1. The first-order chi connectivity index (χ1) is 9.74. The predicted octanol–water partition coefficient (Wildman–Crippen LogP) is 4.27. The highest BCUT2D eigenvalue weighted by Gasteiger charge is 2.42. The average Bonchev–Trinajstić information content (AvgIpc) is 3.14. The van der Waals surface area contributed by atoms with Crippen molar-refractivity contribution in [3.63, 3.8) is 0 Å². The van der Waals surface area contributed by atoms with E-state index in [-0.39, 0.29) is 17.5 Å². The minimum absolute atomic E-state index is 0.169. The smallest absolute Gasteiger partial charge is 0.125 e. The number of halogens is 1. The molecule has 1 saturated carbocycles. The first kappa shape index (κ1) is 12.4. The fourth-order valence-corrected chi connectivity index (χ4v) is 3.95. The highest BCUT2D eigenvalue weighted by Crippen LogP contribution is 2.43. The number of nitrogens with zero attached hydrogens (tertiary/aromatic N) is 1. The normalized spacial score (nSPS) is 24.9. The second kappa shape index (κ2) is 4.59. The van der Waals surface area contributed by atoms with Gasteiger partial charge in [0.1, 0.15) is 5.82 Å². The van der Waals surface area contributed by atoms with Gasteiger partial charge in [0.25, 0.3) is 0 Å². The number of aromatic nitrogens is 1. The van der Waals surface area contributed by atoms with Crippen LogP contribution < -0.4 is 0 Å². The van der Waals surface area contributed by atoms with Crippen LogP contribution in [0.4, 0.5) is 4.39 Å². The lowest BCUT2D eigenvalue weighted by Crippen LogP contribution is -2.26. The fourth-order valence-electron chi connectivity index (χ4n) is 3.95. The monoisotopic (exact) mass is 273 g/mol. The summed E-state index contributed by atoms with van der Waals surface area (Å²) in [5.41, 5.74) is 1.15. The van der Waals surface area contributed by atoms with Gasteiger partial charge >= 0.3 is 0 Å². The third-order valence-electron chi connectivity index (χ3n) is 4.99. The van der Waals surface area contributed by atoms with Crippen LogP contribution in [0.15, 0.2) is 30.5 Å². The van der Waals surface area contributed by atoms with Gasteiger partial charge in [0.2, 0.25) is 0 Å². The fraction of sp³-hybridized carbons (Fsp3) is 0.529. The Labute approximate surface area is 118 Å². The van der Waals surface area contributed by atoms with Gasteiger partial charge in [-0.3, -0.25) is 0 Å². The molecule has 0 radical (unpaired) electrons. The van der Waals surface area contributed by atoms with Crippen molar-refractivity contribution in [2.45, 2.75) is 56.8 Å². The summed E-state index contributed by atoms with van der Waals surface area (Å²) in [6.07, 6.45) is 9.74. The average molecular weight is 273 g/mol. The Balaban J connectivity index is 1.55. The lowest BCUT2D eigenvalue weighted by atomic mass is 9.98. The topological polar surface area (TPSA) is 14.2 Å². The van der Waals surface area contributed by atoms with Crippen LogP contribution in [0.3, 0.4) is 0 Å². The third kappa shape index (κ3) is 2.05. The number of hydrogen-bond donors (Lipinski definition) is 0. The molecule has 2 heterocycles. The summed E-state index contributed by atoms with van der Waals surface area (Å²) in [6.45, 7) is 0.842. The number of fused-ring (bicyclic) bond motifs is 1. The Bertz CT molecular complexity index is 627. The quantitative estimate of drug-likeness (QED) is 0.797. The van der Waals surface area contributed by atoms with E-state index in [9.17, 15) is 4.39 Å². The molecule has 1 aromatic heterocycles. The van der Waals surface area contributed by atoms with Crippen LogP contribution in [0.25, 0.3) is 10.9 Å². The molecule has 1 aliphatic heterocycles. The van der Waals surface area contributed by atoms with Gasteiger partial charge in [0, 0.05) is 12.7 Å². The zero-order chi connectivity index (χ0) is 13.6. The maximum Gasteiger partial charge on any atom is 0.125 e. The van der Waals surface area contributed by atoms with Crippen molar-refractivity contribution >= 4 is 10.9 Å². The molecule has 20 heavy (non-hydrogen) atoms. The van der Waals surface area contributed by atoms with Crippen LogP contribution in [0.5, 0.6) is 0 Å². The van der Waals surface area contributed by atoms with Crippen molar-refractivity contribution in [2.24, 2.45) is 0 Å². The van der Waals surface area contributed by atoms with E-state index in [1.807, 2.05) is 12.3 Å². The lowest BCUT2D eigenvalue weighted by Gasteiger charge is -2.24. The number of ether oxygens (including phenoxy) is 1. The van der Waals surface area contributed by atoms with E-state index in [2.05, 4.69) is 10.6 Å². The second-order valence-electron chi connectivity index (χ2n) is 6.34. The van der Waals surface area contributed by atoms with Crippen molar-refractivity contribution in [2.75, 3.05) is 0 Å². The number of benzene rings is 1. The predicted molar refractivity (Wildman–Crippen MR) is 77.2 cm³/mol. The summed E-state index contributed by atoms with van der Waals surface area (Å²) in [4.78, 5) is 0. The molecule has 1 spiro atoms. The summed E-state index contributed by atoms with van der Waals surface area (Å²) < 4.78 is 21.9. The lowest BCUT2D eigenvalue weighted by molar-refractivity contribution is -0.0414. The molecule has 1 atom stereocenters. The maximum absolute atomic E-state index is 13.4.